The highest BCUT2D eigenvalue weighted by atomic mass is 32.2. The van der Waals surface area contributed by atoms with Crippen LogP contribution < -0.4 is 5.14 Å². The molecule has 5 nitrogen and oxygen atoms in total. The van der Waals surface area contributed by atoms with Crippen LogP contribution >= 0.6 is 0 Å². The van der Waals surface area contributed by atoms with E-state index in [0.29, 0.717) is 11.6 Å². The van der Waals surface area contributed by atoms with E-state index in [-0.39, 0.29) is 10.3 Å². The number of aromatic nitrogens is 1. The summed E-state index contributed by atoms with van der Waals surface area (Å²) in [6.07, 6.45) is 8.37. The molecule has 0 atom stereocenters. The second-order valence-corrected chi connectivity index (χ2v) is 12.1. The molecule has 31 heavy (non-hydrogen) atoms. The van der Waals surface area contributed by atoms with Gasteiger partial charge in [0, 0.05) is 17.9 Å². The maximum Gasteiger partial charge on any atom is 0.239 e. The summed E-state index contributed by atoms with van der Waals surface area (Å²) >= 11 is 0. The van der Waals surface area contributed by atoms with E-state index in [4.69, 9.17) is 5.14 Å². The van der Waals surface area contributed by atoms with Gasteiger partial charge in [0.05, 0.1) is 5.60 Å². The Balaban J connectivity index is 1.88. The molecule has 0 bridgehead atoms. The molecule has 4 rings (SSSR count). The van der Waals surface area contributed by atoms with Crippen LogP contribution in [0, 0.1) is 12.8 Å². The van der Waals surface area contributed by atoms with Crippen molar-refractivity contribution in [1.82, 2.24) is 4.57 Å². The molecule has 0 spiro atoms. The van der Waals surface area contributed by atoms with E-state index >= 15 is 0 Å². The lowest BCUT2D eigenvalue weighted by atomic mass is 9.87. The largest absolute Gasteiger partial charge is 0.386 e. The summed E-state index contributed by atoms with van der Waals surface area (Å²) in [5.74, 6) is 0.546. The van der Waals surface area contributed by atoms with Crippen molar-refractivity contribution in [1.29, 1.82) is 0 Å². The van der Waals surface area contributed by atoms with Crippen molar-refractivity contribution in [2.24, 2.45) is 11.1 Å². The number of sulfonamides is 1. The van der Waals surface area contributed by atoms with E-state index in [1.165, 1.54) is 37.7 Å². The molecule has 0 aliphatic heterocycles. The van der Waals surface area contributed by atoms with Crippen LogP contribution in [-0.4, -0.2) is 18.1 Å². The highest BCUT2D eigenvalue weighted by Crippen LogP contribution is 2.49. The molecule has 1 heterocycles. The zero-order valence-electron chi connectivity index (χ0n) is 19.2. The first-order valence-corrected chi connectivity index (χ1v) is 13.0. The molecule has 2 fully saturated rings. The van der Waals surface area contributed by atoms with Gasteiger partial charge in [-0.05, 0) is 92.7 Å². The van der Waals surface area contributed by atoms with Crippen LogP contribution in [0.2, 0.25) is 0 Å². The molecule has 170 valence electrons. The van der Waals surface area contributed by atoms with E-state index < -0.39 is 15.6 Å². The fraction of sp³-hybridized carbons (Fsp3) is 0.600. The number of benzene rings is 1. The van der Waals surface area contributed by atoms with Gasteiger partial charge >= 0.3 is 0 Å². The Labute approximate surface area is 186 Å². The van der Waals surface area contributed by atoms with E-state index in [9.17, 15) is 13.5 Å². The Bertz CT molecular complexity index is 1060. The average Bonchev–Trinajstić information content (AvgIpc) is 3.36. The number of nitrogens with two attached hydrogens (primary N) is 1. The van der Waals surface area contributed by atoms with Gasteiger partial charge in [0.25, 0.3) is 0 Å². The smallest absolute Gasteiger partial charge is 0.239 e. The van der Waals surface area contributed by atoms with Crippen molar-refractivity contribution in [3.05, 3.63) is 41.1 Å². The molecule has 1 aromatic carbocycles. The summed E-state index contributed by atoms with van der Waals surface area (Å²) in [4.78, 5) is 0.200. The first-order valence-electron chi connectivity index (χ1n) is 11.5. The van der Waals surface area contributed by atoms with Crippen LogP contribution in [0.3, 0.4) is 0 Å². The Kier molecular flexibility index (Phi) is 5.64. The van der Waals surface area contributed by atoms with Crippen LogP contribution in [0.25, 0.3) is 11.3 Å². The number of hydrogen-bond donors (Lipinski definition) is 2. The van der Waals surface area contributed by atoms with Crippen molar-refractivity contribution in [3.63, 3.8) is 0 Å². The summed E-state index contributed by atoms with van der Waals surface area (Å²) in [5.41, 5.74) is 3.76. The summed E-state index contributed by atoms with van der Waals surface area (Å²) < 4.78 is 26.8. The molecular weight excluding hydrogens is 408 g/mol. The minimum absolute atomic E-state index is 0.134. The number of nitrogens with zero attached hydrogens (tertiary/aromatic N) is 1. The standard InChI is InChI=1S/C25H36N2O3S/c1-17-23(31(26,29)30)15-22(27(17)16-18-8-6-5-7-9-18)19-12-20(24(2,3)28)14-21(13-19)25(4)10-11-25/h12-15,18,28H,5-11,16H2,1-4H3,(H2,26,29,30). The Hall–Kier alpha value is -1.63. The van der Waals surface area contributed by atoms with Gasteiger partial charge in [0.2, 0.25) is 10.0 Å². The Morgan fingerprint density at radius 1 is 1.13 bits per heavy atom. The van der Waals surface area contributed by atoms with E-state index in [1.54, 1.807) is 19.9 Å². The highest BCUT2D eigenvalue weighted by Gasteiger charge is 2.40. The molecule has 6 heteroatoms. The summed E-state index contributed by atoms with van der Waals surface area (Å²) in [6.45, 7) is 8.51. The SMILES string of the molecule is Cc1c(S(N)(=O)=O)cc(-c2cc(C(C)(C)O)cc(C3(C)CC3)c2)n1CC1CCCCC1. The second kappa shape index (κ2) is 7.75. The Morgan fingerprint density at radius 2 is 1.77 bits per heavy atom. The van der Waals surface area contributed by atoms with E-state index in [2.05, 4.69) is 23.6 Å². The highest BCUT2D eigenvalue weighted by molar-refractivity contribution is 7.89. The van der Waals surface area contributed by atoms with Gasteiger partial charge in [-0.2, -0.15) is 0 Å². The van der Waals surface area contributed by atoms with E-state index in [0.717, 1.165) is 36.2 Å². The molecule has 2 saturated carbocycles. The summed E-state index contributed by atoms with van der Waals surface area (Å²) in [5, 5.41) is 16.3. The molecule has 2 aliphatic rings. The Morgan fingerprint density at radius 3 is 2.32 bits per heavy atom. The lowest BCUT2D eigenvalue weighted by Crippen LogP contribution is -2.18. The molecule has 2 aromatic rings. The second-order valence-electron chi connectivity index (χ2n) is 10.6. The lowest BCUT2D eigenvalue weighted by molar-refractivity contribution is 0.0785. The summed E-state index contributed by atoms with van der Waals surface area (Å²) in [6, 6.07) is 8.03. The third-order valence-corrected chi connectivity index (χ3v) is 8.45. The van der Waals surface area contributed by atoms with Crippen LogP contribution in [0.5, 0.6) is 0 Å². The van der Waals surface area contributed by atoms with Crippen LogP contribution in [-0.2, 0) is 27.6 Å². The molecule has 0 unspecified atom stereocenters. The third kappa shape index (κ3) is 4.62. The predicted molar refractivity (Wildman–Crippen MR) is 124 cm³/mol. The van der Waals surface area contributed by atoms with Gasteiger partial charge in [-0.15, -0.1) is 0 Å². The van der Waals surface area contributed by atoms with Crippen LogP contribution in [0.15, 0.2) is 29.2 Å². The van der Waals surface area contributed by atoms with Gasteiger partial charge in [-0.1, -0.05) is 32.3 Å². The minimum atomic E-state index is -3.82. The maximum absolute atomic E-state index is 12.3. The third-order valence-electron chi connectivity index (χ3n) is 7.42. The number of hydrogen-bond acceptors (Lipinski definition) is 3. The van der Waals surface area contributed by atoms with E-state index in [1.807, 2.05) is 13.0 Å². The van der Waals surface area contributed by atoms with Crippen molar-refractivity contribution in [2.45, 2.75) is 95.1 Å². The predicted octanol–water partition coefficient (Wildman–Crippen LogP) is 4.97. The van der Waals surface area contributed by atoms with Crippen molar-refractivity contribution >= 4 is 10.0 Å². The summed E-state index contributed by atoms with van der Waals surface area (Å²) in [7, 11) is -3.82. The molecule has 0 radical (unpaired) electrons. The topological polar surface area (TPSA) is 85.3 Å². The first kappa shape index (κ1) is 22.6. The molecule has 2 aliphatic carbocycles. The number of primary sulfonamides is 1. The van der Waals surface area contributed by atoms with Gasteiger partial charge in [0.1, 0.15) is 4.90 Å². The van der Waals surface area contributed by atoms with Crippen LogP contribution in [0.1, 0.15) is 82.5 Å². The first-order chi connectivity index (χ1) is 14.4. The molecular formula is C25H36N2O3S. The molecule has 3 N–H and O–H groups in total. The fourth-order valence-corrected chi connectivity index (χ4v) is 5.76. The molecule has 0 amide bonds. The zero-order chi connectivity index (χ0) is 22.6. The van der Waals surface area contributed by atoms with Crippen molar-refractivity contribution in [3.8, 4) is 11.3 Å². The quantitative estimate of drug-likeness (QED) is 0.659. The van der Waals surface area contributed by atoms with Gasteiger partial charge in [-0.3, -0.25) is 0 Å². The molecule has 0 saturated heterocycles. The van der Waals surface area contributed by atoms with Crippen molar-refractivity contribution < 1.29 is 13.5 Å². The number of rotatable bonds is 6. The van der Waals surface area contributed by atoms with Crippen molar-refractivity contribution in [2.75, 3.05) is 0 Å². The zero-order valence-corrected chi connectivity index (χ0v) is 20.1. The normalized spacial score (nSPS) is 19.5. The maximum atomic E-state index is 12.3. The lowest BCUT2D eigenvalue weighted by Gasteiger charge is -2.25. The average molecular weight is 445 g/mol. The van der Waals surface area contributed by atoms with Gasteiger partial charge in [0.15, 0.2) is 0 Å². The van der Waals surface area contributed by atoms with Gasteiger partial charge < -0.3 is 9.67 Å². The van der Waals surface area contributed by atoms with Gasteiger partial charge in [-0.25, -0.2) is 13.6 Å². The minimum Gasteiger partial charge on any atom is -0.386 e. The fourth-order valence-electron chi connectivity index (χ4n) is 4.96. The van der Waals surface area contributed by atoms with Crippen LogP contribution in [0.4, 0.5) is 0 Å². The molecule has 1 aromatic heterocycles. The number of aliphatic hydroxyl groups is 1. The monoisotopic (exact) mass is 444 g/mol.